The number of aliphatic hydroxyl groups is 1. The van der Waals surface area contributed by atoms with Crippen molar-refractivity contribution in [2.75, 3.05) is 13.7 Å². The molecule has 0 heterocycles. The number of alkyl halides is 2. The van der Waals surface area contributed by atoms with E-state index in [0.717, 1.165) is 19.2 Å². The van der Waals surface area contributed by atoms with E-state index < -0.39 is 23.6 Å². The van der Waals surface area contributed by atoms with Crippen molar-refractivity contribution in [3.63, 3.8) is 0 Å². The lowest BCUT2D eigenvalue weighted by atomic mass is 10.0. The van der Waals surface area contributed by atoms with Gasteiger partial charge < -0.3 is 14.6 Å². The standard InChI is InChI=1S/C13H15ClF2O4/c1-3-6-20-10-7-8(4-5-9(10)14)13(15,16)11(17)12(18)19-2/h4-5,7,11,17H,3,6H2,1-2H3. The Bertz CT molecular complexity index is 479. The number of benzene rings is 1. The van der Waals surface area contributed by atoms with Crippen LogP contribution < -0.4 is 4.74 Å². The monoisotopic (exact) mass is 308 g/mol. The lowest BCUT2D eigenvalue weighted by Gasteiger charge is -2.21. The summed E-state index contributed by atoms with van der Waals surface area (Å²) in [7, 11) is 0.916. The zero-order valence-corrected chi connectivity index (χ0v) is 11.8. The highest BCUT2D eigenvalue weighted by Gasteiger charge is 2.46. The molecule has 0 fully saturated rings. The third kappa shape index (κ3) is 3.58. The van der Waals surface area contributed by atoms with Crippen LogP contribution in [0.15, 0.2) is 18.2 Å². The number of hydrogen-bond donors (Lipinski definition) is 1. The van der Waals surface area contributed by atoms with Crippen molar-refractivity contribution in [1.82, 2.24) is 0 Å². The third-order valence-electron chi connectivity index (χ3n) is 2.55. The summed E-state index contributed by atoms with van der Waals surface area (Å²) in [6.45, 7) is 2.17. The summed E-state index contributed by atoms with van der Waals surface area (Å²) in [6.07, 6.45) is -1.91. The summed E-state index contributed by atoms with van der Waals surface area (Å²) in [6, 6.07) is 3.25. The Kier molecular flexibility index (Phi) is 5.71. The molecule has 1 N–H and O–H groups in total. The summed E-state index contributed by atoms with van der Waals surface area (Å²) in [5, 5.41) is 9.51. The second kappa shape index (κ2) is 6.85. The third-order valence-corrected chi connectivity index (χ3v) is 2.86. The Morgan fingerprint density at radius 3 is 2.70 bits per heavy atom. The van der Waals surface area contributed by atoms with Crippen LogP contribution in [0.4, 0.5) is 8.78 Å². The van der Waals surface area contributed by atoms with Gasteiger partial charge in [0.1, 0.15) is 5.75 Å². The van der Waals surface area contributed by atoms with Crippen LogP contribution in [0.1, 0.15) is 18.9 Å². The minimum absolute atomic E-state index is 0.0720. The van der Waals surface area contributed by atoms with Crippen LogP contribution in [0.2, 0.25) is 5.02 Å². The molecule has 20 heavy (non-hydrogen) atoms. The molecule has 0 amide bonds. The molecule has 112 valence electrons. The van der Waals surface area contributed by atoms with Gasteiger partial charge in [-0.3, -0.25) is 0 Å². The lowest BCUT2D eigenvalue weighted by Crippen LogP contribution is -2.38. The first-order valence-corrected chi connectivity index (χ1v) is 6.28. The first-order valence-electron chi connectivity index (χ1n) is 5.91. The molecule has 0 aliphatic rings. The summed E-state index contributed by atoms with van der Waals surface area (Å²) in [5.41, 5.74) is -0.578. The van der Waals surface area contributed by atoms with Gasteiger partial charge in [-0.25, -0.2) is 4.79 Å². The van der Waals surface area contributed by atoms with E-state index >= 15 is 0 Å². The van der Waals surface area contributed by atoms with E-state index in [2.05, 4.69) is 4.74 Å². The average molecular weight is 309 g/mol. The molecular weight excluding hydrogens is 294 g/mol. The molecule has 0 spiro atoms. The van der Waals surface area contributed by atoms with Gasteiger partial charge in [-0.2, -0.15) is 8.78 Å². The van der Waals surface area contributed by atoms with Gasteiger partial charge in [-0.05, 0) is 18.6 Å². The van der Waals surface area contributed by atoms with Gasteiger partial charge in [0.25, 0.3) is 0 Å². The van der Waals surface area contributed by atoms with Crippen molar-refractivity contribution in [3.05, 3.63) is 28.8 Å². The maximum absolute atomic E-state index is 14.0. The number of esters is 1. The van der Waals surface area contributed by atoms with Gasteiger partial charge >= 0.3 is 11.9 Å². The predicted octanol–water partition coefficient (Wildman–Crippen LogP) is 2.75. The second-order valence-corrected chi connectivity index (χ2v) is 4.45. The van der Waals surface area contributed by atoms with Crippen molar-refractivity contribution < 1.29 is 28.2 Å². The Labute approximate surface area is 120 Å². The quantitative estimate of drug-likeness (QED) is 0.821. The van der Waals surface area contributed by atoms with E-state index in [1.165, 1.54) is 6.07 Å². The van der Waals surface area contributed by atoms with E-state index in [4.69, 9.17) is 16.3 Å². The molecule has 0 aliphatic carbocycles. The predicted molar refractivity (Wildman–Crippen MR) is 69.2 cm³/mol. The zero-order chi connectivity index (χ0) is 15.3. The fourth-order valence-electron chi connectivity index (χ4n) is 1.45. The fourth-order valence-corrected chi connectivity index (χ4v) is 1.62. The summed E-state index contributed by atoms with van der Waals surface area (Å²) >= 11 is 5.83. The lowest BCUT2D eigenvalue weighted by molar-refractivity contribution is -0.176. The Morgan fingerprint density at radius 2 is 2.15 bits per heavy atom. The Hall–Kier alpha value is -1.40. The van der Waals surface area contributed by atoms with Crippen LogP contribution in [-0.2, 0) is 15.5 Å². The number of ether oxygens (including phenoxy) is 2. The number of carbonyl (C=O) groups excluding carboxylic acids is 1. The Morgan fingerprint density at radius 1 is 1.50 bits per heavy atom. The maximum Gasteiger partial charge on any atom is 0.341 e. The van der Waals surface area contributed by atoms with Crippen LogP contribution in [0.5, 0.6) is 5.75 Å². The average Bonchev–Trinajstić information content (AvgIpc) is 2.44. The molecule has 1 atom stereocenters. The second-order valence-electron chi connectivity index (χ2n) is 4.04. The van der Waals surface area contributed by atoms with Crippen molar-refractivity contribution in [2.24, 2.45) is 0 Å². The summed E-state index contributed by atoms with van der Waals surface area (Å²) in [4.78, 5) is 11.0. The van der Waals surface area contributed by atoms with Crippen LogP contribution in [0.3, 0.4) is 0 Å². The van der Waals surface area contributed by atoms with Gasteiger partial charge in [-0.1, -0.05) is 24.6 Å². The smallest absolute Gasteiger partial charge is 0.341 e. The molecule has 0 aromatic heterocycles. The number of hydrogen-bond acceptors (Lipinski definition) is 4. The first-order chi connectivity index (χ1) is 9.34. The molecular formula is C13H15ClF2O4. The number of carbonyl (C=O) groups is 1. The van der Waals surface area contributed by atoms with Crippen molar-refractivity contribution in [1.29, 1.82) is 0 Å². The number of rotatable bonds is 6. The first kappa shape index (κ1) is 16.7. The molecule has 1 aromatic carbocycles. The molecule has 0 radical (unpaired) electrons. The summed E-state index contributed by atoms with van der Waals surface area (Å²) < 4.78 is 37.3. The minimum Gasteiger partial charge on any atom is -0.492 e. The number of aliphatic hydroxyl groups excluding tert-OH is 1. The summed E-state index contributed by atoms with van der Waals surface area (Å²) in [5.74, 6) is -5.15. The van der Waals surface area contributed by atoms with Crippen LogP contribution in [0, 0.1) is 0 Å². The van der Waals surface area contributed by atoms with E-state index in [0.29, 0.717) is 13.0 Å². The molecule has 0 saturated carbocycles. The fraction of sp³-hybridized carbons (Fsp3) is 0.462. The molecule has 1 aromatic rings. The van der Waals surface area contributed by atoms with Gasteiger partial charge in [0, 0.05) is 5.56 Å². The zero-order valence-electron chi connectivity index (χ0n) is 11.0. The van der Waals surface area contributed by atoms with Crippen molar-refractivity contribution >= 4 is 17.6 Å². The van der Waals surface area contributed by atoms with Crippen LogP contribution in [-0.4, -0.2) is 30.9 Å². The topological polar surface area (TPSA) is 55.8 Å². The minimum atomic E-state index is -3.80. The van der Waals surface area contributed by atoms with Gasteiger partial charge in [0.2, 0.25) is 6.10 Å². The van der Waals surface area contributed by atoms with Gasteiger partial charge in [-0.15, -0.1) is 0 Å². The molecule has 4 nitrogen and oxygen atoms in total. The van der Waals surface area contributed by atoms with Crippen LogP contribution >= 0.6 is 11.6 Å². The van der Waals surface area contributed by atoms with E-state index in [1.807, 2.05) is 6.92 Å². The SMILES string of the molecule is CCCOc1cc(C(F)(F)C(O)C(=O)OC)ccc1Cl. The molecule has 0 bridgehead atoms. The van der Waals surface area contributed by atoms with E-state index in [9.17, 15) is 18.7 Å². The van der Waals surface area contributed by atoms with Gasteiger partial charge in [0.05, 0.1) is 18.7 Å². The highest BCUT2D eigenvalue weighted by atomic mass is 35.5. The van der Waals surface area contributed by atoms with E-state index in [1.54, 1.807) is 0 Å². The van der Waals surface area contributed by atoms with Crippen molar-refractivity contribution in [2.45, 2.75) is 25.4 Å². The maximum atomic E-state index is 14.0. The van der Waals surface area contributed by atoms with E-state index in [-0.39, 0.29) is 10.8 Å². The van der Waals surface area contributed by atoms with Crippen LogP contribution in [0.25, 0.3) is 0 Å². The number of methoxy groups -OCH3 is 1. The Balaban J connectivity index is 3.08. The largest absolute Gasteiger partial charge is 0.492 e. The highest BCUT2D eigenvalue weighted by molar-refractivity contribution is 6.32. The highest BCUT2D eigenvalue weighted by Crippen LogP contribution is 2.36. The molecule has 0 saturated heterocycles. The molecule has 7 heteroatoms. The number of halogens is 3. The molecule has 1 rings (SSSR count). The van der Waals surface area contributed by atoms with Crippen molar-refractivity contribution in [3.8, 4) is 5.75 Å². The normalized spacial score (nSPS) is 12.9. The van der Waals surface area contributed by atoms with Gasteiger partial charge in [0.15, 0.2) is 0 Å². The molecule has 1 unspecified atom stereocenters. The molecule has 0 aliphatic heterocycles.